The molecule has 0 saturated carbocycles. The van der Waals surface area contributed by atoms with Crippen molar-refractivity contribution >= 4 is 22.8 Å². The number of aromatic amines is 1. The fourth-order valence-corrected chi connectivity index (χ4v) is 0.820. The van der Waals surface area contributed by atoms with E-state index in [4.69, 9.17) is 0 Å². The van der Waals surface area contributed by atoms with E-state index in [0.717, 1.165) is 25.6 Å². The molecular formula is C4H3N2O2Sn. The second-order valence-electron chi connectivity index (χ2n) is 1.46. The zero-order valence-corrected chi connectivity index (χ0v) is 7.27. The molecule has 45 valence electrons. The Morgan fingerprint density at radius 3 is 2.67 bits per heavy atom. The van der Waals surface area contributed by atoms with Crippen LogP contribution in [0.3, 0.4) is 0 Å². The Morgan fingerprint density at radius 2 is 2.22 bits per heavy atom. The van der Waals surface area contributed by atoms with Crippen molar-refractivity contribution in [3.63, 3.8) is 0 Å². The molecule has 1 N–H and O–H groups in total. The minimum absolute atomic E-state index is 0.253. The molecule has 0 spiro atoms. The summed E-state index contributed by atoms with van der Waals surface area (Å²) < 4.78 is 1.09. The molecule has 1 rings (SSSR count). The first-order chi connectivity index (χ1) is 4.22. The van der Waals surface area contributed by atoms with Crippen molar-refractivity contribution in [2.24, 2.45) is 0 Å². The van der Waals surface area contributed by atoms with Gasteiger partial charge in [0.05, 0.1) is 0 Å². The summed E-state index contributed by atoms with van der Waals surface area (Å²) in [6, 6.07) is 1.32. The van der Waals surface area contributed by atoms with Gasteiger partial charge in [0.2, 0.25) is 0 Å². The van der Waals surface area contributed by atoms with Crippen LogP contribution < -0.4 is 11.2 Å². The Bertz CT molecular complexity index is 285. The summed E-state index contributed by atoms with van der Waals surface area (Å²) in [7, 11) is 0. The zero-order valence-electron chi connectivity index (χ0n) is 4.42. The van der Waals surface area contributed by atoms with E-state index in [1.54, 1.807) is 0 Å². The Balaban J connectivity index is 3.62. The Morgan fingerprint density at radius 1 is 1.56 bits per heavy atom. The topological polar surface area (TPSA) is 54.9 Å². The molecule has 0 atom stereocenters. The summed E-state index contributed by atoms with van der Waals surface area (Å²) in [6.45, 7) is 0. The van der Waals surface area contributed by atoms with Crippen LogP contribution in [-0.4, -0.2) is 30.6 Å². The van der Waals surface area contributed by atoms with Gasteiger partial charge >= 0.3 is 63.7 Å². The van der Waals surface area contributed by atoms with Crippen LogP contribution in [0.5, 0.6) is 0 Å². The van der Waals surface area contributed by atoms with Crippen molar-refractivity contribution in [3.05, 3.63) is 33.1 Å². The number of nitrogens with one attached hydrogen (secondary N) is 1. The normalized spacial score (nSPS) is 9.44. The van der Waals surface area contributed by atoms with Gasteiger partial charge in [0.1, 0.15) is 0 Å². The monoisotopic (exact) mass is 231 g/mol. The first-order valence-electron chi connectivity index (χ1n) is 2.24. The SMILES string of the molecule is O=c1cc[nH]c(=O)[n]1[Sn]. The molecule has 4 nitrogen and oxygen atoms in total. The fourth-order valence-electron chi connectivity index (χ4n) is 0.423. The molecule has 0 fully saturated rings. The molecule has 0 saturated heterocycles. The quantitative estimate of drug-likeness (QED) is 0.549. The molecule has 5 heteroatoms. The number of H-pyrrole nitrogens is 1. The molecular weight excluding hydrogens is 227 g/mol. The molecule has 0 aliphatic carbocycles. The van der Waals surface area contributed by atoms with Crippen LogP contribution in [0.1, 0.15) is 0 Å². The van der Waals surface area contributed by atoms with E-state index in [-0.39, 0.29) is 11.2 Å². The van der Waals surface area contributed by atoms with Crippen LogP contribution in [0.25, 0.3) is 0 Å². The number of hydrogen-bond acceptors (Lipinski definition) is 2. The van der Waals surface area contributed by atoms with Crippen molar-refractivity contribution in [1.29, 1.82) is 0 Å². The standard InChI is InChI=1S/C4H4N2O2.Sn/c7-3-1-2-5-4(8)6-3;/h1-2H,(H2,5,6,7,8);/q;+1/p-1. The molecule has 9 heavy (non-hydrogen) atoms. The summed E-state index contributed by atoms with van der Waals surface area (Å²) >= 11 is 0.783. The van der Waals surface area contributed by atoms with Gasteiger partial charge in [0.25, 0.3) is 0 Å². The summed E-state index contributed by atoms with van der Waals surface area (Å²) in [5.41, 5.74) is -0.599. The van der Waals surface area contributed by atoms with Gasteiger partial charge in [-0.15, -0.1) is 0 Å². The summed E-state index contributed by atoms with van der Waals surface area (Å²) in [4.78, 5) is 23.5. The van der Waals surface area contributed by atoms with Gasteiger partial charge in [-0.3, -0.25) is 0 Å². The van der Waals surface area contributed by atoms with Gasteiger partial charge in [-0.25, -0.2) is 0 Å². The molecule has 3 radical (unpaired) electrons. The van der Waals surface area contributed by atoms with E-state index >= 15 is 0 Å². The summed E-state index contributed by atoms with van der Waals surface area (Å²) in [5, 5.41) is 0. The van der Waals surface area contributed by atoms with Gasteiger partial charge in [-0.1, -0.05) is 0 Å². The van der Waals surface area contributed by atoms with Crippen molar-refractivity contribution in [3.8, 4) is 0 Å². The van der Waals surface area contributed by atoms with Crippen LogP contribution in [0.15, 0.2) is 21.9 Å². The van der Waals surface area contributed by atoms with Gasteiger partial charge in [0, 0.05) is 0 Å². The Hall–Kier alpha value is -0.521. The van der Waals surface area contributed by atoms with Crippen molar-refractivity contribution in [2.45, 2.75) is 0 Å². The van der Waals surface area contributed by atoms with Crippen molar-refractivity contribution in [1.82, 2.24) is 7.77 Å². The van der Waals surface area contributed by atoms with Crippen LogP contribution in [-0.2, 0) is 0 Å². The van der Waals surface area contributed by atoms with Crippen LogP contribution >= 0.6 is 0 Å². The molecule has 0 amide bonds. The third-order valence-electron chi connectivity index (χ3n) is 0.856. The predicted octanol–water partition coefficient (Wildman–Crippen LogP) is -1.53. The maximum absolute atomic E-state index is 10.6. The summed E-state index contributed by atoms with van der Waals surface area (Å²) in [6.07, 6.45) is 1.34. The summed E-state index contributed by atoms with van der Waals surface area (Å²) in [5.74, 6) is 0. The van der Waals surface area contributed by atoms with E-state index in [0.29, 0.717) is 0 Å². The molecule has 0 aliphatic rings. The second kappa shape index (κ2) is 2.38. The second-order valence-corrected chi connectivity index (χ2v) is 2.73. The average molecular weight is 230 g/mol. The molecule has 0 unspecified atom stereocenters. The van der Waals surface area contributed by atoms with Gasteiger partial charge in [0.15, 0.2) is 0 Å². The Labute approximate surface area is 64.0 Å². The van der Waals surface area contributed by atoms with E-state index in [1.165, 1.54) is 12.3 Å². The number of aromatic nitrogens is 2. The molecule has 1 aromatic heterocycles. The minimum atomic E-state index is -0.347. The third-order valence-corrected chi connectivity index (χ3v) is 2.06. The van der Waals surface area contributed by atoms with E-state index < -0.39 is 0 Å². The Kier molecular flexibility index (Phi) is 1.75. The number of rotatable bonds is 0. The zero-order chi connectivity index (χ0) is 6.85. The van der Waals surface area contributed by atoms with Crippen LogP contribution in [0, 0.1) is 0 Å². The van der Waals surface area contributed by atoms with Crippen molar-refractivity contribution in [2.75, 3.05) is 0 Å². The molecule has 1 aromatic rings. The molecule has 1 heterocycles. The van der Waals surface area contributed by atoms with Gasteiger partial charge in [-0.05, 0) is 0 Å². The van der Waals surface area contributed by atoms with E-state index in [2.05, 4.69) is 4.98 Å². The fraction of sp³-hybridized carbons (Fsp3) is 0. The van der Waals surface area contributed by atoms with Crippen LogP contribution in [0.4, 0.5) is 0 Å². The molecule has 0 aromatic carbocycles. The van der Waals surface area contributed by atoms with E-state index in [1.807, 2.05) is 0 Å². The first-order valence-corrected chi connectivity index (χ1v) is 3.52. The number of nitrogens with zero attached hydrogens (tertiary/aromatic N) is 1. The average Bonchev–Trinajstić information content (AvgIpc) is 1.83. The van der Waals surface area contributed by atoms with Crippen molar-refractivity contribution < 1.29 is 0 Å². The van der Waals surface area contributed by atoms with E-state index in [9.17, 15) is 9.59 Å². The number of hydrogen-bond donors (Lipinski definition) is 1. The maximum atomic E-state index is 10.6. The third kappa shape index (κ3) is 1.24. The first kappa shape index (κ1) is 6.60. The molecule has 0 aliphatic heterocycles. The predicted molar refractivity (Wildman–Crippen MR) is 32.5 cm³/mol. The molecule has 0 bridgehead atoms. The van der Waals surface area contributed by atoms with Gasteiger partial charge < -0.3 is 0 Å². The van der Waals surface area contributed by atoms with Crippen LogP contribution in [0.2, 0.25) is 0 Å². The van der Waals surface area contributed by atoms with Gasteiger partial charge in [-0.2, -0.15) is 0 Å².